The molecule has 9 nitrogen and oxygen atoms in total. The van der Waals surface area contributed by atoms with Crippen LogP contribution < -0.4 is 16.4 Å². The number of aromatic hydroxyl groups is 1. The number of aromatic nitrogens is 2. The van der Waals surface area contributed by atoms with Crippen LogP contribution in [0.25, 0.3) is 5.69 Å². The number of para-hydroxylation sites is 1. The van der Waals surface area contributed by atoms with E-state index in [1.165, 1.54) is 12.1 Å². The molecule has 0 bridgehead atoms. The Balaban J connectivity index is 2.11. The summed E-state index contributed by atoms with van der Waals surface area (Å²) in [5.74, 6) is -2.56. The van der Waals surface area contributed by atoms with Crippen molar-refractivity contribution in [2.24, 2.45) is 4.99 Å². The number of nitrogens with one attached hydrogen (secondary N) is 1. The lowest BCUT2D eigenvalue weighted by atomic mass is 10.2. The van der Waals surface area contributed by atoms with Crippen molar-refractivity contribution in [1.82, 2.24) is 9.55 Å². The molecular weight excluding hydrogens is 366 g/mol. The molecule has 0 amide bonds. The first kappa shape index (κ1) is 18.6. The third kappa shape index (κ3) is 3.40. The van der Waals surface area contributed by atoms with E-state index in [1.807, 2.05) is 0 Å². The molecule has 0 spiro atoms. The molecule has 0 fully saturated rings. The smallest absolute Gasteiger partial charge is 0.335 e. The summed E-state index contributed by atoms with van der Waals surface area (Å²) in [7, 11) is 0. The zero-order valence-corrected chi connectivity index (χ0v) is 14.5. The Morgan fingerprint density at radius 3 is 2.57 bits per heavy atom. The van der Waals surface area contributed by atoms with E-state index < -0.39 is 28.8 Å². The summed E-state index contributed by atoms with van der Waals surface area (Å²) >= 11 is 0. The van der Waals surface area contributed by atoms with Crippen molar-refractivity contribution in [3.05, 3.63) is 80.0 Å². The van der Waals surface area contributed by atoms with Gasteiger partial charge in [0.1, 0.15) is 5.56 Å². The number of hydrogen-bond acceptors (Lipinski definition) is 6. The minimum absolute atomic E-state index is 0.127. The van der Waals surface area contributed by atoms with Gasteiger partial charge in [-0.2, -0.15) is 0 Å². The van der Waals surface area contributed by atoms with Crippen LogP contribution in [0.3, 0.4) is 0 Å². The lowest BCUT2D eigenvalue weighted by molar-refractivity contribution is -0.267. The SMILES string of the molecule is Cc1ccccc1-n1c(O)c(C=Nc2ccc(C(=O)O)cc2[O-])c(=O)[nH]c1=O. The predicted molar refractivity (Wildman–Crippen MR) is 99.2 cm³/mol. The molecule has 9 heteroatoms. The van der Waals surface area contributed by atoms with Crippen LogP contribution >= 0.6 is 0 Å². The van der Waals surface area contributed by atoms with Crippen molar-refractivity contribution in [3.63, 3.8) is 0 Å². The van der Waals surface area contributed by atoms with Crippen LogP contribution in [0, 0.1) is 6.92 Å². The van der Waals surface area contributed by atoms with Gasteiger partial charge in [-0.05, 0) is 30.7 Å². The molecule has 3 rings (SSSR count). The molecule has 0 saturated carbocycles. The summed E-state index contributed by atoms with van der Waals surface area (Å²) in [5, 5.41) is 31.3. The van der Waals surface area contributed by atoms with Gasteiger partial charge in [0, 0.05) is 6.21 Å². The van der Waals surface area contributed by atoms with Crippen molar-refractivity contribution < 1.29 is 20.1 Å². The van der Waals surface area contributed by atoms with E-state index in [1.54, 1.807) is 31.2 Å². The van der Waals surface area contributed by atoms with Gasteiger partial charge in [-0.1, -0.05) is 30.0 Å². The standard InChI is InChI=1S/C19H15N3O6/c1-10-4-2-3-5-14(10)22-17(25)12(16(24)21-19(22)28)9-20-13-7-6-11(18(26)27)8-15(13)23/h2-9,23,25H,1H3,(H,26,27)(H,21,24,28)/p-1. The second-order valence-corrected chi connectivity index (χ2v) is 5.86. The molecule has 3 N–H and O–H groups in total. The van der Waals surface area contributed by atoms with Crippen molar-refractivity contribution in [3.8, 4) is 17.3 Å². The second-order valence-electron chi connectivity index (χ2n) is 5.86. The average molecular weight is 380 g/mol. The summed E-state index contributed by atoms with van der Waals surface area (Å²) in [6, 6.07) is 10.0. The number of aryl methyl sites for hydroxylation is 1. The molecule has 0 saturated heterocycles. The maximum absolute atomic E-state index is 12.2. The molecule has 1 heterocycles. The molecule has 0 aliphatic heterocycles. The number of carboxylic acids is 1. The first-order valence-corrected chi connectivity index (χ1v) is 8.02. The molecule has 1 aromatic heterocycles. The highest BCUT2D eigenvalue weighted by atomic mass is 16.4. The van der Waals surface area contributed by atoms with Crippen LogP contribution in [0.2, 0.25) is 0 Å². The van der Waals surface area contributed by atoms with Crippen molar-refractivity contribution in [1.29, 1.82) is 0 Å². The highest BCUT2D eigenvalue weighted by Crippen LogP contribution is 2.25. The molecule has 0 atom stereocenters. The number of aromatic amines is 1. The summed E-state index contributed by atoms with van der Waals surface area (Å²) in [4.78, 5) is 41.1. The van der Waals surface area contributed by atoms with E-state index in [2.05, 4.69) is 9.98 Å². The molecule has 0 aliphatic carbocycles. The summed E-state index contributed by atoms with van der Waals surface area (Å²) in [6.07, 6.45) is 0.944. The van der Waals surface area contributed by atoms with Crippen LogP contribution in [0.15, 0.2) is 57.0 Å². The Morgan fingerprint density at radius 1 is 1.21 bits per heavy atom. The van der Waals surface area contributed by atoms with Gasteiger partial charge in [0.2, 0.25) is 5.88 Å². The van der Waals surface area contributed by atoms with Gasteiger partial charge in [-0.15, -0.1) is 0 Å². The fourth-order valence-corrected chi connectivity index (χ4v) is 2.58. The van der Waals surface area contributed by atoms with E-state index in [-0.39, 0.29) is 16.8 Å². The number of hydrogen-bond donors (Lipinski definition) is 3. The predicted octanol–water partition coefficient (Wildman–Crippen LogP) is 1.06. The van der Waals surface area contributed by atoms with Crippen LogP contribution in [-0.4, -0.2) is 31.9 Å². The summed E-state index contributed by atoms with van der Waals surface area (Å²) in [5.41, 5.74) is -1.32. The Kier molecular flexibility index (Phi) is 4.82. The van der Waals surface area contributed by atoms with Crippen molar-refractivity contribution >= 4 is 17.9 Å². The molecule has 0 unspecified atom stereocenters. The number of H-pyrrole nitrogens is 1. The minimum Gasteiger partial charge on any atom is -0.871 e. The van der Waals surface area contributed by atoms with Crippen LogP contribution in [-0.2, 0) is 0 Å². The largest absolute Gasteiger partial charge is 0.871 e. The van der Waals surface area contributed by atoms with Crippen LogP contribution in [0.5, 0.6) is 11.6 Å². The number of nitrogens with zero attached hydrogens (tertiary/aromatic N) is 2. The van der Waals surface area contributed by atoms with Gasteiger partial charge in [0.25, 0.3) is 5.56 Å². The number of benzene rings is 2. The Bertz CT molecular complexity index is 1220. The summed E-state index contributed by atoms with van der Waals surface area (Å²) < 4.78 is 0.920. The van der Waals surface area contributed by atoms with Crippen molar-refractivity contribution in [2.75, 3.05) is 0 Å². The van der Waals surface area contributed by atoms with Crippen LogP contribution in [0.1, 0.15) is 21.5 Å². The number of carbonyl (C=O) groups is 1. The molecule has 28 heavy (non-hydrogen) atoms. The van der Waals surface area contributed by atoms with Gasteiger partial charge in [0.15, 0.2) is 0 Å². The maximum atomic E-state index is 12.2. The van der Waals surface area contributed by atoms with E-state index in [4.69, 9.17) is 5.11 Å². The maximum Gasteiger partial charge on any atom is 0.335 e. The normalized spacial score (nSPS) is 11.0. The van der Waals surface area contributed by atoms with Gasteiger partial charge in [0.05, 0.1) is 16.9 Å². The third-order valence-electron chi connectivity index (χ3n) is 4.02. The number of rotatable bonds is 4. The quantitative estimate of drug-likeness (QED) is 0.577. The number of carboxylic acid groups (broad SMARTS) is 1. The molecule has 2 aromatic carbocycles. The molecule has 3 aromatic rings. The Morgan fingerprint density at radius 2 is 1.93 bits per heavy atom. The minimum atomic E-state index is -1.26. The monoisotopic (exact) mass is 380 g/mol. The lowest BCUT2D eigenvalue weighted by Gasteiger charge is -2.12. The van der Waals surface area contributed by atoms with E-state index in [9.17, 15) is 24.6 Å². The Hall–Kier alpha value is -4.14. The first-order valence-electron chi connectivity index (χ1n) is 8.02. The van der Waals surface area contributed by atoms with Gasteiger partial charge in [-0.25, -0.2) is 14.2 Å². The van der Waals surface area contributed by atoms with Gasteiger partial charge in [-0.3, -0.25) is 14.8 Å². The molecule has 0 radical (unpaired) electrons. The van der Waals surface area contributed by atoms with E-state index >= 15 is 0 Å². The zero-order valence-electron chi connectivity index (χ0n) is 14.5. The summed E-state index contributed by atoms with van der Waals surface area (Å²) in [6.45, 7) is 1.73. The highest BCUT2D eigenvalue weighted by Gasteiger charge is 2.15. The van der Waals surface area contributed by atoms with Gasteiger partial charge < -0.3 is 15.3 Å². The zero-order chi connectivity index (χ0) is 20.4. The average Bonchev–Trinajstić information content (AvgIpc) is 2.63. The van der Waals surface area contributed by atoms with E-state index in [0.717, 1.165) is 16.8 Å². The molecule has 142 valence electrons. The fraction of sp³-hybridized carbons (Fsp3) is 0.0526. The fourth-order valence-electron chi connectivity index (χ4n) is 2.58. The van der Waals surface area contributed by atoms with Crippen LogP contribution in [0.4, 0.5) is 5.69 Å². The van der Waals surface area contributed by atoms with Gasteiger partial charge >= 0.3 is 11.7 Å². The van der Waals surface area contributed by atoms with Crippen molar-refractivity contribution in [2.45, 2.75) is 6.92 Å². The Labute approximate surface area is 157 Å². The van der Waals surface area contributed by atoms with E-state index in [0.29, 0.717) is 11.3 Å². The molecular formula is C19H14N3O6-. The topological polar surface area (TPSA) is 148 Å². The third-order valence-corrected chi connectivity index (χ3v) is 4.02. The first-order chi connectivity index (χ1) is 13.3. The second kappa shape index (κ2) is 7.23. The molecule has 0 aliphatic rings. The number of aromatic carboxylic acids is 1. The highest BCUT2D eigenvalue weighted by molar-refractivity contribution is 5.90. The number of aliphatic imine (C=N–C) groups is 1. The lowest BCUT2D eigenvalue weighted by Crippen LogP contribution is -2.31.